The van der Waals surface area contributed by atoms with Crippen LogP contribution in [0.25, 0.3) is 11.1 Å². The van der Waals surface area contributed by atoms with Crippen LogP contribution in [0, 0.1) is 6.92 Å². The van der Waals surface area contributed by atoms with Gasteiger partial charge in [-0.15, -0.1) is 0 Å². The van der Waals surface area contributed by atoms with E-state index in [2.05, 4.69) is 14.7 Å². The average Bonchev–Trinajstić information content (AvgIpc) is 2.77. The van der Waals surface area contributed by atoms with E-state index >= 15 is 0 Å². The quantitative estimate of drug-likeness (QED) is 0.516. The second kappa shape index (κ2) is 9.63. The van der Waals surface area contributed by atoms with Crippen LogP contribution in [0.4, 0.5) is 5.82 Å². The van der Waals surface area contributed by atoms with Crippen LogP contribution in [-0.2, 0) is 10.0 Å². The second-order valence-corrected chi connectivity index (χ2v) is 8.06. The molecule has 3 aromatic rings. The molecule has 0 aliphatic rings. The van der Waals surface area contributed by atoms with Gasteiger partial charge in [-0.3, -0.25) is 4.72 Å². The van der Waals surface area contributed by atoms with Crippen molar-refractivity contribution in [1.82, 2.24) is 9.97 Å². The van der Waals surface area contributed by atoms with E-state index < -0.39 is 10.0 Å². The molecular weight excluding hydrogens is 422 g/mol. The Morgan fingerprint density at radius 1 is 0.935 bits per heavy atom. The highest BCUT2D eigenvalue weighted by molar-refractivity contribution is 7.92. The maximum Gasteiger partial charge on any atom is 0.263 e. The molecule has 0 aliphatic heterocycles. The number of methoxy groups -OCH3 is 2. The van der Waals surface area contributed by atoms with Gasteiger partial charge in [-0.1, -0.05) is 12.1 Å². The van der Waals surface area contributed by atoms with Crippen LogP contribution in [0.1, 0.15) is 5.82 Å². The van der Waals surface area contributed by atoms with Gasteiger partial charge in [-0.2, -0.15) is 4.98 Å². The van der Waals surface area contributed by atoms with Crippen LogP contribution < -0.4 is 18.9 Å². The van der Waals surface area contributed by atoms with Gasteiger partial charge in [-0.05, 0) is 48.9 Å². The Balaban J connectivity index is 2.09. The van der Waals surface area contributed by atoms with E-state index in [4.69, 9.17) is 19.3 Å². The molecule has 2 aromatic carbocycles. The predicted molar refractivity (Wildman–Crippen MR) is 115 cm³/mol. The number of ether oxygens (including phenoxy) is 3. The fraction of sp³-hybridized carbons (Fsp3) is 0.238. The first-order chi connectivity index (χ1) is 14.9. The molecule has 0 aliphatic carbocycles. The zero-order valence-corrected chi connectivity index (χ0v) is 18.1. The highest BCUT2D eigenvalue weighted by atomic mass is 32.2. The van der Waals surface area contributed by atoms with Crippen molar-refractivity contribution in [3.63, 3.8) is 0 Å². The number of sulfonamides is 1. The molecule has 0 saturated carbocycles. The van der Waals surface area contributed by atoms with Crippen LogP contribution >= 0.6 is 0 Å². The Labute approximate surface area is 180 Å². The Hall–Kier alpha value is -3.37. The summed E-state index contributed by atoms with van der Waals surface area (Å²) in [6, 6.07) is 12.9. The van der Waals surface area contributed by atoms with E-state index in [-0.39, 0.29) is 29.8 Å². The van der Waals surface area contributed by atoms with Crippen LogP contribution in [0.3, 0.4) is 0 Å². The summed E-state index contributed by atoms with van der Waals surface area (Å²) < 4.78 is 44.4. The van der Waals surface area contributed by atoms with Gasteiger partial charge in [0.1, 0.15) is 23.9 Å². The average molecular weight is 445 g/mol. The second-order valence-electron chi connectivity index (χ2n) is 6.38. The lowest BCUT2D eigenvalue weighted by molar-refractivity contribution is 0.197. The maximum atomic E-state index is 13.0. The minimum Gasteiger partial charge on any atom is -0.497 e. The fourth-order valence-electron chi connectivity index (χ4n) is 2.83. The molecule has 1 aromatic heterocycles. The number of nitrogens with one attached hydrogen (secondary N) is 1. The predicted octanol–water partition coefficient (Wildman–Crippen LogP) is 2.64. The van der Waals surface area contributed by atoms with E-state index in [1.807, 2.05) is 0 Å². The van der Waals surface area contributed by atoms with E-state index in [1.54, 1.807) is 50.4 Å². The Morgan fingerprint density at radius 2 is 1.52 bits per heavy atom. The lowest BCUT2D eigenvalue weighted by Gasteiger charge is -2.16. The number of hydrogen-bond acceptors (Lipinski definition) is 8. The molecule has 0 saturated heterocycles. The van der Waals surface area contributed by atoms with Crippen LogP contribution in [0.15, 0.2) is 53.4 Å². The van der Waals surface area contributed by atoms with Crippen molar-refractivity contribution in [3.05, 3.63) is 54.4 Å². The number of aromatic nitrogens is 2. The van der Waals surface area contributed by atoms with Gasteiger partial charge in [-0.25, -0.2) is 13.4 Å². The number of aryl methyl sites for hydroxylation is 1. The van der Waals surface area contributed by atoms with Crippen LogP contribution in [0.2, 0.25) is 0 Å². The zero-order chi connectivity index (χ0) is 22.4. The highest BCUT2D eigenvalue weighted by Crippen LogP contribution is 2.36. The molecule has 0 atom stereocenters. The summed E-state index contributed by atoms with van der Waals surface area (Å²) in [4.78, 5) is 8.64. The fourth-order valence-corrected chi connectivity index (χ4v) is 3.84. The minimum absolute atomic E-state index is 0.00964. The standard InChI is InChI=1S/C21H23N3O6S/c1-14-22-20(24-31(26,27)18-10-8-17(29-3)9-11-18)19(21(23-14)30-13-12-25)15-4-6-16(28-2)7-5-15/h4-11,25H,12-13H2,1-3H3,(H,22,23,24). The molecule has 3 rings (SSSR count). The summed E-state index contributed by atoms with van der Waals surface area (Å²) in [5.41, 5.74) is 0.958. The van der Waals surface area contributed by atoms with Crippen molar-refractivity contribution >= 4 is 15.8 Å². The van der Waals surface area contributed by atoms with E-state index in [0.29, 0.717) is 28.5 Å². The number of hydrogen-bond donors (Lipinski definition) is 2. The van der Waals surface area contributed by atoms with Crippen molar-refractivity contribution in [2.75, 3.05) is 32.2 Å². The van der Waals surface area contributed by atoms with Crippen molar-refractivity contribution < 1.29 is 27.7 Å². The van der Waals surface area contributed by atoms with Crippen molar-refractivity contribution in [3.8, 4) is 28.5 Å². The van der Waals surface area contributed by atoms with Gasteiger partial charge in [0.2, 0.25) is 5.88 Å². The first-order valence-corrected chi connectivity index (χ1v) is 10.8. The normalized spacial score (nSPS) is 11.1. The molecule has 1 heterocycles. The van der Waals surface area contributed by atoms with E-state index in [1.165, 1.54) is 19.2 Å². The summed E-state index contributed by atoms with van der Waals surface area (Å²) in [7, 11) is -0.911. The van der Waals surface area contributed by atoms with Crippen LogP contribution in [-0.4, -0.2) is 50.9 Å². The third-order valence-corrected chi connectivity index (χ3v) is 5.65. The first-order valence-electron chi connectivity index (χ1n) is 9.31. The van der Waals surface area contributed by atoms with Gasteiger partial charge < -0.3 is 19.3 Å². The molecular formula is C21H23N3O6S. The summed E-state index contributed by atoms with van der Waals surface area (Å²) >= 11 is 0. The number of rotatable bonds is 9. The van der Waals surface area contributed by atoms with Gasteiger partial charge in [0.15, 0.2) is 5.82 Å². The molecule has 0 bridgehead atoms. The Kier molecular flexibility index (Phi) is 6.93. The third-order valence-electron chi connectivity index (χ3n) is 4.30. The van der Waals surface area contributed by atoms with Crippen LogP contribution in [0.5, 0.6) is 17.4 Å². The van der Waals surface area contributed by atoms with Crippen molar-refractivity contribution in [1.29, 1.82) is 0 Å². The molecule has 10 heteroatoms. The smallest absolute Gasteiger partial charge is 0.263 e. The number of aliphatic hydroxyl groups excluding tert-OH is 1. The number of anilines is 1. The molecule has 0 amide bonds. The highest BCUT2D eigenvalue weighted by Gasteiger charge is 2.22. The molecule has 0 radical (unpaired) electrons. The largest absolute Gasteiger partial charge is 0.497 e. The van der Waals surface area contributed by atoms with Gasteiger partial charge >= 0.3 is 0 Å². The maximum absolute atomic E-state index is 13.0. The van der Waals surface area contributed by atoms with Gasteiger partial charge in [0.05, 0.1) is 31.3 Å². The Bertz CT molecular complexity index is 1130. The lowest BCUT2D eigenvalue weighted by atomic mass is 10.1. The van der Waals surface area contributed by atoms with Crippen molar-refractivity contribution in [2.45, 2.75) is 11.8 Å². The first kappa shape index (κ1) is 22.3. The summed E-state index contributed by atoms with van der Waals surface area (Å²) in [6.45, 7) is 1.39. The molecule has 0 spiro atoms. The number of aliphatic hydroxyl groups is 1. The summed E-state index contributed by atoms with van der Waals surface area (Å²) in [5, 5.41) is 9.17. The number of nitrogens with zero attached hydrogens (tertiary/aromatic N) is 2. The topological polar surface area (TPSA) is 120 Å². The summed E-state index contributed by atoms with van der Waals surface area (Å²) in [5.74, 6) is 1.68. The summed E-state index contributed by atoms with van der Waals surface area (Å²) in [6.07, 6.45) is 0. The monoisotopic (exact) mass is 445 g/mol. The molecule has 31 heavy (non-hydrogen) atoms. The van der Waals surface area contributed by atoms with Crippen molar-refractivity contribution in [2.24, 2.45) is 0 Å². The van der Waals surface area contributed by atoms with Gasteiger partial charge in [0.25, 0.3) is 10.0 Å². The molecule has 9 nitrogen and oxygen atoms in total. The molecule has 0 fully saturated rings. The van der Waals surface area contributed by atoms with E-state index in [0.717, 1.165) is 0 Å². The minimum atomic E-state index is -3.96. The Morgan fingerprint density at radius 3 is 2.06 bits per heavy atom. The van der Waals surface area contributed by atoms with E-state index in [9.17, 15) is 8.42 Å². The molecule has 164 valence electrons. The molecule has 2 N–H and O–H groups in total. The van der Waals surface area contributed by atoms with Gasteiger partial charge in [0, 0.05) is 0 Å². The SMILES string of the molecule is COc1ccc(-c2c(NS(=O)(=O)c3ccc(OC)cc3)nc(C)nc2OCCO)cc1. The number of benzene rings is 2. The lowest BCUT2D eigenvalue weighted by Crippen LogP contribution is -2.16. The molecule has 0 unspecified atom stereocenters. The zero-order valence-electron chi connectivity index (χ0n) is 17.3. The third kappa shape index (κ3) is 5.22.